The van der Waals surface area contributed by atoms with Crippen molar-refractivity contribution >= 4 is 23.7 Å². The van der Waals surface area contributed by atoms with E-state index in [2.05, 4.69) is 10.6 Å². The molecule has 0 heterocycles. The fraction of sp³-hybridized carbons (Fsp3) is 0.692. The number of nitrogens with two attached hydrogens (primary N) is 3. The van der Waals surface area contributed by atoms with Gasteiger partial charge >= 0.3 is 5.97 Å². The van der Waals surface area contributed by atoms with Gasteiger partial charge in [-0.15, -0.1) is 0 Å². The summed E-state index contributed by atoms with van der Waals surface area (Å²) in [5, 5.41) is 13.8. The maximum absolute atomic E-state index is 12.1. The summed E-state index contributed by atoms with van der Waals surface area (Å²) in [6, 6.07) is -2.17. The zero-order chi connectivity index (χ0) is 17.8. The van der Waals surface area contributed by atoms with E-state index in [0.717, 1.165) is 0 Å². The van der Waals surface area contributed by atoms with Gasteiger partial charge in [0.05, 0.1) is 6.54 Å². The SMILES string of the molecule is NCCCC[C@H](NC(=O)[C@H](CCC(N)=O)NC(=O)CN)C(=O)O. The fourth-order valence-electron chi connectivity index (χ4n) is 1.83. The minimum atomic E-state index is -1.19. The van der Waals surface area contributed by atoms with Gasteiger partial charge in [0, 0.05) is 6.42 Å². The summed E-state index contributed by atoms with van der Waals surface area (Å²) in [4.78, 5) is 45.5. The molecule has 0 aliphatic rings. The molecule has 10 nitrogen and oxygen atoms in total. The molecule has 0 aromatic carbocycles. The van der Waals surface area contributed by atoms with E-state index in [1.165, 1.54) is 0 Å². The van der Waals surface area contributed by atoms with Gasteiger partial charge in [-0.2, -0.15) is 0 Å². The minimum absolute atomic E-state index is 0.0396. The molecule has 23 heavy (non-hydrogen) atoms. The van der Waals surface area contributed by atoms with E-state index >= 15 is 0 Å². The van der Waals surface area contributed by atoms with E-state index in [-0.39, 0.29) is 25.8 Å². The van der Waals surface area contributed by atoms with Crippen LogP contribution in [0, 0.1) is 0 Å². The Balaban J connectivity index is 4.77. The first kappa shape index (κ1) is 20.8. The van der Waals surface area contributed by atoms with E-state index in [9.17, 15) is 19.2 Å². The predicted molar refractivity (Wildman–Crippen MR) is 81.9 cm³/mol. The van der Waals surface area contributed by atoms with Gasteiger partial charge in [0.15, 0.2) is 0 Å². The van der Waals surface area contributed by atoms with Gasteiger partial charge in [0.1, 0.15) is 12.1 Å². The minimum Gasteiger partial charge on any atom is -0.480 e. The molecule has 0 aliphatic carbocycles. The Morgan fingerprint density at radius 1 is 0.957 bits per heavy atom. The first-order valence-corrected chi connectivity index (χ1v) is 7.32. The number of primary amides is 1. The van der Waals surface area contributed by atoms with Crippen molar-refractivity contribution in [3.05, 3.63) is 0 Å². The Labute approximate surface area is 134 Å². The standard InChI is InChI=1S/C13H25N5O5/c14-6-2-1-3-9(13(22)23)18-12(21)8(4-5-10(16)19)17-11(20)7-15/h8-9H,1-7,14-15H2,(H2,16,19)(H,17,20)(H,18,21)(H,22,23)/t8-,9-/m0/s1. The highest BCUT2D eigenvalue weighted by Gasteiger charge is 2.26. The molecule has 0 bridgehead atoms. The quantitative estimate of drug-likeness (QED) is 0.211. The van der Waals surface area contributed by atoms with E-state index in [4.69, 9.17) is 22.3 Å². The van der Waals surface area contributed by atoms with E-state index in [0.29, 0.717) is 19.4 Å². The number of carboxylic acids is 1. The lowest BCUT2D eigenvalue weighted by molar-refractivity contribution is -0.142. The number of nitrogens with one attached hydrogen (secondary N) is 2. The topological polar surface area (TPSA) is 191 Å². The summed E-state index contributed by atoms with van der Waals surface area (Å²) in [6.07, 6.45) is 1.21. The van der Waals surface area contributed by atoms with Gasteiger partial charge in [0.25, 0.3) is 0 Å². The number of rotatable bonds is 12. The van der Waals surface area contributed by atoms with Crippen LogP contribution in [0.3, 0.4) is 0 Å². The molecule has 0 aliphatic heterocycles. The first-order valence-electron chi connectivity index (χ1n) is 7.32. The highest BCUT2D eigenvalue weighted by molar-refractivity contribution is 5.91. The summed E-state index contributed by atoms with van der Waals surface area (Å²) >= 11 is 0. The van der Waals surface area contributed by atoms with Gasteiger partial charge in [-0.05, 0) is 32.2 Å². The maximum Gasteiger partial charge on any atom is 0.326 e. The third-order valence-electron chi connectivity index (χ3n) is 3.08. The van der Waals surface area contributed by atoms with Gasteiger partial charge < -0.3 is 32.9 Å². The van der Waals surface area contributed by atoms with Gasteiger partial charge in [-0.3, -0.25) is 14.4 Å². The summed E-state index contributed by atoms with van der Waals surface area (Å²) in [7, 11) is 0. The van der Waals surface area contributed by atoms with Crippen molar-refractivity contribution in [1.29, 1.82) is 0 Å². The fourth-order valence-corrected chi connectivity index (χ4v) is 1.83. The molecule has 2 atom stereocenters. The number of carboxylic acid groups (broad SMARTS) is 1. The van der Waals surface area contributed by atoms with E-state index < -0.39 is 35.8 Å². The summed E-state index contributed by atoms with van der Waals surface area (Å²) < 4.78 is 0. The molecule has 0 unspecified atom stereocenters. The van der Waals surface area contributed by atoms with Crippen LogP contribution in [0.25, 0.3) is 0 Å². The van der Waals surface area contributed by atoms with Crippen molar-refractivity contribution in [2.45, 2.75) is 44.2 Å². The van der Waals surface area contributed by atoms with Crippen LogP contribution in [0.1, 0.15) is 32.1 Å². The Morgan fingerprint density at radius 3 is 2.09 bits per heavy atom. The first-order chi connectivity index (χ1) is 10.8. The Morgan fingerprint density at radius 2 is 1.61 bits per heavy atom. The molecule has 0 rings (SSSR count). The van der Waals surface area contributed by atoms with Gasteiger partial charge in [-0.1, -0.05) is 0 Å². The van der Waals surface area contributed by atoms with Crippen molar-refractivity contribution in [2.75, 3.05) is 13.1 Å². The Bertz CT molecular complexity index is 429. The summed E-state index contributed by atoms with van der Waals surface area (Å²) in [5.74, 6) is -3.12. The van der Waals surface area contributed by atoms with Gasteiger partial charge in [0.2, 0.25) is 17.7 Å². The second-order valence-corrected chi connectivity index (χ2v) is 5.01. The lowest BCUT2D eigenvalue weighted by atomic mass is 10.1. The molecule has 10 heteroatoms. The lowest BCUT2D eigenvalue weighted by Gasteiger charge is -2.21. The number of aliphatic carboxylic acids is 1. The third-order valence-corrected chi connectivity index (χ3v) is 3.08. The van der Waals surface area contributed by atoms with Crippen LogP contribution < -0.4 is 27.8 Å². The molecule has 0 saturated heterocycles. The Kier molecular flexibility index (Phi) is 10.3. The Hall–Kier alpha value is -2.20. The van der Waals surface area contributed by atoms with Crippen molar-refractivity contribution in [3.63, 3.8) is 0 Å². The van der Waals surface area contributed by atoms with Crippen molar-refractivity contribution in [3.8, 4) is 0 Å². The molecule has 0 aromatic heterocycles. The van der Waals surface area contributed by atoms with Crippen LogP contribution in [0.4, 0.5) is 0 Å². The average Bonchev–Trinajstić information content (AvgIpc) is 2.49. The lowest BCUT2D eigenvalue weighted by Crippen LogP contribution is -2.52. The molecule has 0 spiro atoms. The monoisotopic (exact) mass is 331 g/mol. The number of hydrogen-bond donors (Lipinski definition) is 6. The molecule has 9 N–H and O–H groups in total. The molecule has 0 aromatic rings. The molecule has 132 valence electrons. The number of amides is 3. The van der Waals surface area contributed by atoms with Crippen LogP contribution in [0.15, 0.2) is 0 Å². The van der Waals surface area contributed by atoms with Crippen LogP contribution >= 0.6 is 0 Å². The third kappa shape index (κ3) is 9.42. The van der Waals surface area contributed by atoms with Crippen molar-refractivity contribution < 1.29 is 24.3 Å². The highest BCUT2D eigenvalue weighted by Crippen LogP contribution is 2.04. The predicted octanol–water partition coefficient (Wildman–Crippen LogP) is -2.61. The largest absolute Gasteiger partial charge is 0.480 e. The number of carbonyl (C=O) groups excluding carboxylic acids is 3. The van der Waals surface area contributed by atoms with Crippen LogP contribution in [0.5, 0.6) is 0 Å². The normalized spacial score (nSPS) is 13.0. The second kappa shape index (κ2) is 11.4. The molecular formula is C13H25N5O5. The molecule has 0 fully saturated rings. The van der Waals surface area contributed by atoms with Crippen LogP contribution in [-0.2, 0) is 19.2 Å². The zero-order valence-electron chi connectivity index (χ0n) is 12.9. The van der Waals surface area contributed by atoms with Crippen LogP contribution in [0.2, 0.25) is 0 Å². The zero-order valence-corrected chi connectivity index (χ0v) is 12.9. The molecule has 3 amide bonds. The molecular weight excluding hydrogens is 306 g/mol. The molecule has 0 saturated carbocycles. The van der Waals surface area contributed by atoms with Crippen LogP contribution in [-0.4, -0.2) is 54.0 Å². The second-order valence-electron chi connectivity index (χ2n) is 5.01. The summed E-state index contributed by atoms with van der Waals surface area (Å²) in [6.45, 7) is 0.0906. The molecule has 0 radical (unpaired) electrons. The smallest absolute Gasteiger partial charge is 0.326 e. The number of carbonyl (C=O) groups is 4. The van der Waals surface area contributed by atoms with E-state index in [1.54, 1.807) is 0 Å². The average molecular weight is 331 g/mol. The van der Waals surface area contributed by atoms with Crippen molar-refractivity contribution in [1.82, 2.24) is 10.6 Å². The highest BCUT2D eigenvalue weighted by atomic mass is 16.4. The number of hydrogen-bond acceptors (Lipinski definition) is 6. The number of unbranched alkanes of at least 4 members (excludes halogenated alkanes) is 1. The summed E-state index contributed by atoms with van der Waals surface area (Å²) in [5.41, 5.74) is 15.5. The van der Waals surface area contributed by atoms with E-state index in [1.807, 2.05) is 0 Å². The van der Waals surface area contributed by atoms with Crippen molar-refractivity contribution in [2.24, 2.45) is 17.2 Å². The maximum atomic E-state index is 12.1. The van der Waals surface area contributed by atoms with Gasteiger partial charge in [-0.25, -0.2) is 4.79 Å².